The van der Waals surface area contributed by atoms with Crippen LogP contribution in [0, 0.1) is 11.8 Å². The second-order valence-electron chi connectivity index (χ2n) is 5.35. The summed E-state index contributed by atoms with van der Waals surface area (Å²) in [5.41, 5.74) is 0. The highest BCUT2D eigenvalue weighted by Crippen LogP contribution is 2.30. The minimum absolute atomic E-state index is 0.739. The molecule has 0 aromatic rings. The van der Waals surface area contributed by atoms with Crippen LogP contribution < -0.4 is 5.32 Å². The van der Waals surface area contributed by atoms with Crippen LogP contribution in [0.1, 0.15) is 33.1 Å². The molecule has 2 heteroatoms. The third-order valence-corrected chi connectivity index (χ3v) is 3.61. The van der Waals surface area contributed by atoms with E-state index >= 15 is 0 Å². The summed E-state index contributed by atoms with van der Waals surface area (Å²) >= 11 is 0. The Hall–Kier alpha value is -0.0800. The lowest BCUT2D eigenvalue weighted by molar-refractivity contribution is 0.183. The number of rotatable bonds is 6. The molecule has 2 fully saturated rings. The van der Waals surface area contributed by atoms with E-state index in [0.717, 1.165) is 17.9 Å². The average molecular weight is 196 g/mol. The number of hydrogen-bond donors (Lipinski definition) is 1. The maximum Gasteiger partial charge on any atom is 0.00387 e. The fourth-order valence-corrected chi connectivity index (χ4v) is 2.09. The van der Waals surface area contributed by atoms with Gasteiger partial charge in [0.2, 0.25) is 0 Å². The van der Waals surface area contributed by atoms with Crippen molar-refractivity contribution in [2.75, 3.05) is 26.2 Å². The lowest BCUT2D eigenvalue weighted by Gasteiger charge is -2.32. The van der Waals surface area contributed by atoms with E-state index in [1.165, 1.54) is 45.4 Å². The molecule has 0 aromatic heterocycles. The van der Waals surface area contributed by atoms with E-state index in [9.17, 15) is 0 Å². The molecule has 82 valence electrons. The first-order valence-electron chi connectivity index (χ1n) is 6.20. The van der Waals surface area contributed by atoms with Crippen molar-refractivity contribution >= 4 is 0 Å². The largest absolute Gasteiger partial charge is 0.316 e. The summed E-state index contributed by atoms with van der Waals surface area (Å²) in [6, 6.07) is 0.739. The summed E-state index contributed by atoms with van der Waals surface area (Å²) in [5.74, 6) is 2.01. The summed E-state index contributed by atoms with van der Waals surface area (Å²) in [7, 11) is 0. The number of nitrogens with one attached hydrogen (secondary N) is 1. The fourth-order valence-electron chi connectivity index (χ4n) is 2.09. The second kappa shape index (κ2) is 4.63. The molecule has 0 spiro atoms. The molecule has 14 heavy (non-hydrogen) atoms. The van der Waals surface area contributed by atoms with E-state index in [-0.39, 0.29) is 0 Å². The molecule has 2 aliphatic rings. The van der Waals surface area contributed by atoms with Gasteiger partial charge in [-0.25, -0.2) is 0 Å². The van der Waals surface area contributed by atoms with E-state index in [4.69, 9.17) is 0 Å². The highest BCUT2D eigenvalue weighted by molar-refractivity contribution is 4.81. The van der Waals surface area contributed by atoms with E-state index < -0.39 is 0 Å². The van der Waals surface area contributed by atoms with Crippen LogP contribution in [0.5, 0.6) is 0 Å². The second-order valence-corrected chi connectivity index (χ2v) is 5.35. The zero-order valence-electron chi connectivity index (χ0n) is 9.63. The molecule has 0 radical (unpaired) electrons. The first-order valence-corrected chi connectivity index (χ1v) is 6.20. The number of nitrogens with zero attached hydrogens (tertiary/aromatic N) is 1. The van der Waals surface area contributed by atoms with Gasteiger partial charge in [0.25, 0.3) is 0 Å². The molecule has 1 saturated carbocycles. The van der Waals surface area contributed by atoms with Gasteiger partial charge < -0.3 is 10.2 Å². The predicted molar refractivity (Wildman–Crippen MR) is 60.4 cm³/mol. The lowest BCUT2D eigenvalue weighted by Crippen LogP contribution is -2.44. The van der Waals surface area contributed by atoms with Crippen molar-refractivity contribution in [3.05, 3.63) is 0 Å². The van der Waals surface area contributed by atoms with Crippen LogP contribution in [-0.2, 0) is 0 Å². The first kappa shape index (κ1) is 10.4. The van der Waals surface area contributed by atoms with Gasteiger partial charge in [-0.2, -0.15) is 0 Å². The van der Waals surface area contributed by atoms with Crippen LogP contribution in [-0.4, -0.2) is 37.1 Å². The molecular weight excluding hydrogens is 172 g/mol. The molecule has 0 amide bonds. The molecule has 1 saturated heterocycles. The Labute approximate surface area is 88.1 Å². The van der Waals surface area contributed by atoms with E-state index in [1.807, 2.05) is 0 Å². The van der Waals surface area contributed by atoms with Crippen molar-refractivity contribution in [3.63, 3.8) is 0 Å². The maximum absolute atomic E-state index is 3.35. The summed E-state index contributed by atoms with van der Waals surface area (Å²) in [6.45, 7) is 9.87. The van der Waals surface area contributed by atoms with Crippen molar-refractivity contribution in [1.29, 1.82) is 0 Å². The van der Waals surface area contributed by atoms with Gasteiger partial charge in [0.05, 0.1) is 0 Å². The van der Waals surface area contributed by atoms with Gasteiger partial charge in [-0.15, -0.1) is 0 Å². The van der Waals surface area contributed by atoms with Gasteiger partial charge in [-0.3, -0.25) is 0 Å². The zero-order chi connectivity index (χ0) is 9.97. The molecule has 2 nitrogen and oxygen atoms in total. The summed E-state index contributed by atoms with van der Waals surface area (Å²) in [6.07, 6.45) is 4.36. The Kier molecular flexibility index (Phi) is 3.45. The van der Waals surface area contributed by atoms with Gasteiger partial charge in [-0.1, -0.05) is 0 Å². The molecular formula is C12H24N2. The van der Waals surface area contributed by atoms with Crippen molar-refractivity contribution in [2.45, 2.75) is 39.2 Å². The van der Waals surface area contributed by atoms with Crippen LogP contribution >= 0.6 is 0 Å². The fraction of sp³-hybridized carbons (Fsp3) is 1.00. The molecule has 2 rings (SSSR count). The molecule has 0 bridgehead atoms. The normalized spacial score (nSPS) is 23.1. The van der Waals surface area contributed by atoms with Crippen LogP contribution in [0.2, 0.25) is 0 Å². The Morgan fingerprint density at radius 1 is 1.21 bits per heavy atom. The van der Waals surface area contributed by atoms with Gasteiger partial charge in [0.1, 0.15) is 0 Å². The Morgan fingerprint density at radius 3 is 2.36 bits per heavy atom. The Balaban J connectivity index is 1.65. The van der Waals surface area contributed by atoms with Gasteiger partial charge in [0.15, 0.2) is 0 Å². The monoisotopic (exact) mass is 196 g/mol. The van der Waals surface area contributed by atoms with Crippen LogP contribution in [0.15, 0.2) is 0 Å². The van der Waals surface area contributed by atoms with Crippen molar-refractivity contribution in [2.24, 2.45) is 11.8 Å². The van der Waals surface area contributed by atoms with Crippen molar-refractivity contribution in [3.8, 4) is 0 Å². The molecule has 1 heterocycles. The highest BCUT2D eigenvalue weighted by atomic mass is 15.1. The number of hydrogen-bond acceptors (Lipinski definition) is 2. The minimum Gasteiger partial charge on any atom is -0.316 e. The first-order chi connectivity index (χ1) is 6.75. The van der Waals surface area contributed by atoms with Crippen LogP contribution in [0.25, 0.3) is 0 Å². The standard InChI is InChI=1S/C12H24N2/c1-10(2)14(9-11-3-4-11)6-5-12-7-13-8-12/h10-13H,3-9H2,1-2H3. The summed E-state index contributed by atoms with van der Waals surface area (Å²) < 4.78 is 0. The third kappa shape index (κ3) is 2.96. The average Bonchev–Trinajstić information content (AvgIpc) is 2.82. The molecule has 0 atom stereocenters. The van der Waals surface area contributed by atoms with Crippen molar-refractivity contribution in [1.82, 2.24) is 10.2 Å². The van der Waals surface area contributed by atoms with Gasteiger partial charge >= 0.3 is 0 Å². The third-order valence-electron chi connectivity index (χ3n) is 3.61. The SMILES string of the molecule is CC(C)N(CCC1CNC1)CC1CC1. The Morgan fingerprint density at radius 2 is 1.93 bits per heavy atom. The highest BCUT2D eigenvalue weighted by Gasteiger charge is 2.26. The van der Waals surface area contributed by atoms with Gasteiger partial charge in [0, 0.05) is 12.6 Å². The van der Waals surface area contributed by atoms with Gasteiger partial charge in [-0.05, 0) is 64.6 Å². The molecule has 1 N–H and O–H groups in total. The summed E-state index contributed by atoms with van der Waals surface area (Å²) in [5, 5.41) is 3.35. The summed E-state index contributed by atoms with van der Waals surface area (Å²) in [4.78, 5) is 2.68. The predicted octanol–water partition coefficient (Wildman–Crippen LogP) is 1.72. The van der Waals surface area contributed by atoms with E-state index in [2.05, 4.69) is 24.1 Å². The molecule has 0 aromatic carbocycles. The van der Waals surface area contributed by atoms with Crippen LogP contribution in [0.3, 0.4) is 0 Å². The topological polar surface area (TPSA) is 15.3 Å². The van der Waals surface area contributed by atoms with E-state index in [1.54, 1.807) is 0 Å². The molecule has 1 aliphatic carbocycles. The zero-order valence-corrected chi connectivity index (χ0v) is 9.63. The van der Waals surface area contributed by atoms with Crippen LogP contribution in [0.4, 0.5) is 0 Å². The molecule has 0 unspecified atom stereocenters. The quantitative estimate of drug-likeness (QED) is 0.696. The maximum atomic E-state index is 3.35. The smallest absolute Gasteiger partial charge is 0.00387 e. The lowest BCUT2D eigenvalue weighted by atomic mass is 9.99. The van der Waals surface area contributed by atoms with Crippen molar-refractivity contribution < 1.29 is 0 Å². The Bertz CT molecular complexity index is 171. The molecule has 1 aliphatic heterocycles. The minimum atomic E-state index is 0.739. The van der Waals surface area contributed by atoms with E-state index in [0.29, 0.717) is 0 Å².